The van der Waals surface area contributed by atoms with E-state index in [1.165, 1.54) is 0 Å². The highest BCUT2D eigenvalue weighted by Crippen LogP contribution is 2.20. The van der Waals surface area contributed by atoms with Crippen LogP contribution in [0.5, 0.6) is 5.75 Å². The maximum absolute atomic E-state index is 11.9. The number of aromatic nitrogens is 1. The summed E-state index contributed by atoms with van der Waals surface area (Å²) in [6, 6.07) is 10.3. The normalized spacial score (nSPS) is 10.5. The Balaban J connectivity index is 2.57. The maximum atomic E-state index is 11.9. The molecule has 2 rings (SSSR count). The van der Waals surface area contributed by atoms with Crippen molar-refractivity contribution in [1.82, 2.24) is 4.57 Å². The zero-order valence-electron chi connectivity index (χ0n) is 9.55. The smallest absolute Gasteiger partial charge is 0.255 e. The Kier molecular flexibility index (Phi) is 2.97. The second kappa shape index (κ2) is 4.43. The van der Waals surface area contributed by atoms with Gasteiger partial charge in [0.05, 0.1) is 5.69 Å². The Morgan fingerprint density at radius 1 is 1.18 bits per heavy atom. The highest BCUT2D eigenvalue weighted by molar-refractivity contribution is 5.60. The third-order valence-corrected chi connectivity index (χ3v) is 2.77. The molecule has 0 spiro atoms. The maximum Gasteiger partial charge on any atom is 0.255 e. The lowest BCUT2D eigenvalue weighted by Crippen LogP contribution is -2.23. The van der Waals surface area contributed by atoms with Crippen LogP contribution in [0.4, 0.5) is 0 Å². The number of benzene rings is 1. The number of nitrogens with two attached hydrogens (primary N) is 1. The molecule has 0 amide bonds. The summed E-state index contributed by atoms with van der Waals surface area (Å²) in [5.74, 6) is 0.206. The van der Waals surface area contributed by atoms with Crippen LogP contribution < -0.4 is 11.3 Å². The lowest BCUT2D eigenvalue weighted by atomic mass is 10.1. The molecular formula is C13H14N2O2. The molecule has 0 unspecified atom stereocenters. The van der Waals surface area contributed by atoms with Crippen molar-refractivity contribution in [3.63, 3.8) is 0 Å². The van der Waals surface area contributed by atoms with E-state index in [9.17, 15) is 9.90 Å². The number of rotatable bonds is 2. The van der Waals surface area contributed by atoms with Crippen LogP contribution in [0.1, 0.15) is 5.56 Å². The van der Waals surface area contributed by atoms with Gasteiger partial charge in [-0.2, -0.15) is 0 Å². The predicted octanol–water partition coefficient (Wildman–Crippen LogP) is 1.22. The summed E-state index contributed by atoms with van der Waals surface area (Å²) in [4.78, 5) is 11.9. The Hall–Kier alpha value is -2.07. The van der Waals surface area contributed by atoms with E-state index in [0.717, 1.165) is 11.3 Å². The minimum atomic E-state index is -0.0851. The summed E-state index contributed by atoms with van der Waals surface area (Å²) in [6.07, 6.45) is 0. The van der Waals surface area contributed by atoms with Gasteiger partial charge in [0.15, 0.2) is 0 Å². The number of phenolic OH excluding ortho intramolecular Hbond substituents is 1. The van der Waals surface area contributed by atoms with Crippen LogP contribution >= 0.6 is 0 Å². The average molecular weight is 230 g/mol. The van der Waals surface area contributed by atoms with Crippen LogP contribution in [-0.2, 0) is 13.6 Å². The molecule has 0 aliphatic carbocycles. The van der Waals surface area contributed by atoms with Gasteiger partial charge >= 0.3 is 0 Å². The quantitative estimate of drug-likeness (QED) is 0.815. The molecule has 1 heterocycles. The summed E-state index contributed by atoms with van der Waals surface area (Å²) in [5.41, 5.74) is 7.67. The van der Waals surface area contributed by atoms with Crippen LogP contribution in [-0.4, -0.2) is 9.67 Å². The van der Waals surface area contributed by atoms with Gasteiger partial charge in [-0.3, -0.25) is 4.79 Å². The van der Waals surface area contributed by atoms with E-state index in [2.05, 4.69) is 0 Å². The number of hydrogen-bond donors (Lipinski definition) is 2. The summed E-state index contributed by atoms with van der Waals surface area (Å²) < 4.78 is 1.56. The lowest BCUT2D eigenvalue weighted by molar-refractivity contribution is 0.475. The highest BCUT2D eigenvalue weighted by Gasteiger charge is 2.06. The van der Waals surface area contributed by atoms with Crippen LogP contribution in [0.25, 0.3) is 11.3 Å². The molecule has 0 saturated heterocycles. The average Bonchev–Trinajstić information content (AvgIpc) is 2.34. The van der Waals surface area contributed by atoms with Gasteiger partial charge in [0.1, 0.15) is 5.75 Å². The summed E-state index contributed by atoms with van der Waals surface area (Å²) >= 11 is 0. The first-order chi connectivity index (χ1) is 8.13. The summed E-state index contributed by atoms with van der Waals surface area (Å²) in [5, 5.41) is 9.22. The molecule has 0 aliphatic rings. The monoisotopic (exact) mass is 230 g/mol. The number of pyridine rings is 1. The van der Waals surface area contributed by atoms with Gasteiger partial charge in [-0.15, -0.1) is 0 Å². The molecule has 0 saturated carbocycles. The molecule has 2 aromatic rings. The van der Waals surface area contributed by atoms with Crippen LogP contribution in [0.3, 0.4) is 0 Å². The van der Waals surface area contributed by atoms with Crippen molar-refractivity contribution >= 4 is 0 Å². The van der Waals surface area contributed by atoms with Crippen molar-refractivity contribution in [2.45, 2.75) is 6.54 Å². The Bertz CT molecular complexity index is 585. The molecule has 17 heavy (non-hydrogen) atoms. The number of hydrogen-bond acceptors (Lipinski definition) is 3. The fraction of sp³-hybridized carbons (Fsp3) is 0.154. The second-order valence-electron chi connectivity index (χ2n) is 3.86. The van der Waals surface area contributed by atoms with Gasteiger partial charge in [0, 0.05) is 19.2 Å². The first kappa shape index (κ1) is 11.4. The van der Waals surface area contributed by atoms with Crippen molar-refractivity contribution < 1.29 is 5.11 Å². The molecule has 0 aliphatic heterocycles. The summed E-state index contributed by atoms with van der Waals surface area (Å²) in [7, 11) is 1.71. The Labute approximate surface area is 98.9 Å². The van der Waals surface area contributed by atoms with Gasteiger partial charge < -0.3 is 15.4 Å². The predicted molar refractivity (Wildman–Crippen MR) is 66.7 cm³/mol. The van der Waals surface area contributed by atoms with Crippen LogP contribution in [0.2, 0.25) is 0 Å². The molecule has 0 fully saturated rings. The molecule has 3 N–H and O–H groups in total. The number of phenols is 1. The minimum absolute atomic E-state index is 0.0851. The van der Waals surface area contributed by atoms with Crippen LogP contribution in [0.15, 0.2) is 41.2 Å². The van der Waals surface area contributed by atoms with Crippen molar-refractivity contribution in [1.29, 1.82) is 0 Å². The van der Waals surface area contributed by atoms with E-state index in [1.807, 2.05) is 6.07 Å². The fourth-order valence-electron chi connectivity index (χ4n) is 1.76. The molecule has 4 heteroatoms. The first-order valence-electron chi connectivity index (χ1n) is 5.32. The van der Waals surface area contributed by atoms with Gasteiger partial charge in [-0.1, -0.05) is 6.07 Å². The van der Waals surface area contributed by atoms with E-state index in [0.29, 0.717) is 5.56 Å². The lowest BCUT2D eigenvalue weighted by Gasteiger charge is -2.09. The molecular weight excluding hydrogens is 216 g/mol. The summed E-state index contributed by atoms with van der Waals surface area (Å²) in [6.45, 7) is 0.239. The Morgan fingerprint density at radius 2 is 1.82 bits per heavy atom. The molecule has 4 nitrogen and oxygen atoms in total. The minimum Gasteiger partial charge on any atom is -0.508 e. The third kappa shape index (κ3) is 2.07. The zero-order chi connectivity index (χ0) is 12.4. The Morgan fingerprint density at radius 3 is 2.41 bits per heavy atom. The fourth-order valence-corrected chi connectivity index (χ4v) is 1.76. The van der Waals surface area contributed by atoms with Gasteiger partial charge in [-0.25, -0.2) is 0 Å². The molecule has 0 atom stereocenters. The molecule has 1 aromatic carbocycles. The number of aromatic hydroxyl groups is 1. The van der Waals surface area contributed by atoms with E-state index in [4.69, 9.17) is 5.73 Å². The largest absolute Gasteiger partial charge is 0.508 e. The van der Waals surface area contributed by atoms with Gasteiger partial charge in [0.25, 0.3) is 5.56 Å². The first-order valence-corrected chi connectivity index (χ1v) is 5.32. The van der Waals surface area contributed by atoms with Crippen LogP contribution in [0, 0.1) is 0 Å². The second-order valence-corrected chi connectivity index (χ2v) is 3.86. The van der Waals surface area contributed by atoms with Crippen molar-refractivity contribution in [2.24, 2.45) is 12.8 Å². The van der Waals surface area contributed by atoms with Crippen molar-refractivity contribution in [3.05, 3.63) is 52.3 Å². The van der Waals surface area contributed by atoms with E-state index >= 15 is 0 Å². The topological polar surface area (TPSA) is 68.2 Å². The highest BCUT2D eigenvalue weighted by atomic mass is 16.3. The van der Waals surface area contributed by atoms with Gasteiger partial charge in [-0.05, 0) is 35.9 Å². The van der Waals surface area contributed by atoms with Crippen molar-refractivity contribution in [3.8, 4) is 17.0 Å². The molecule has 0 radical (unpaired) electrons. The van der Waals surface area contributed by atoms with E-state index in [1.54, 1.807) is 41.9 Å². The molecule has 0 bridgehead atoms. The molecule has 88 valence electrons. The third-order valence-electron chi connectivity index (χ3n) is 2.77. The van der Waals surface area contributed by atoms with E-state index < -0.39 is 0 Å². The SMILES string of the molecule is Cn1c(-c2ccc(O)cc2)ccc(CN)c1=O. The van der Waals surface area contributed by atoms with E-state index in [-0.39, 0.29) is 17.9 Å². The molecule has 1 aromatic heterocycles. The van der Waals surface area contributed by atoms with Gasteiger partial charge in [0.2, 0.25) is 0 Å². The van der Waals surface area contributed by atoms with Crippen molar-refractivity contribution in [2.75, 3.05) is 0 Å². The standard InChI is InChI=1S/C13H14N2O2/c1-15-12(7-4-10(8-14)13(15)17)9-2-5-11(16)6-3-9/h2-7,16H,8,14H2,1H3. The zero-order valence-corrected chi connectivity index (χ0v) is 9.55. The number of nitrogens with zero attached hydrogens (tertiary/aromatic N) is 1.